The lowest BCUT2D eigenvalue weighted by molar-refractivity contribution is -0.146. The smallest absolute Gasteiger partial charge is 0.358 e. The van der Waals surface area contributed by atoms with Crippen LogP contribution in [0.3, 0.4) is 0 Å². The van der Waals surface area contributed by atoms with Crippen molar-refractivity contribution in [3.05, 3.63) is 11.4 Å². The van der Waals surface area contributed by atoms with Gasteiger partial charge in [-0.1, -0.05) is 26.0 Å². The van der Waals surface area contributed by atoms with Gasteiger partial charge in [-0.2, -0.15) is 0 Å². The molecule has 1 heterocycles. The average Bonchev–Trinajstić information content (AvgIpc) is 2.60. The van der Waals surface area contributed by atoms with Crippen LogP contribution in [-0.2, 0) is 15.7 Å². The standard InChI is InChI=1S/C11H17N3O4/c1-10(2,3)7-6(8(15)16)12-13-14(7)11(4,5)9(17)18/h1-5H3,(H,15,16)(H,17,18). The van der Waals surface area contributed by atoms with E-state index in [1.54, 1.807) is 20.8 Å². The van der Waals surface area contributed by atoms with Gasteiger partial charge in [-0.15, -0.1) is 5.10 Å². The van der Waals surface area contributed by atoms with Gasteiger partial charge in [0.2, 0.25) is 0 Å². The SMILES string of the molecule is CC(C)(C)c1c(C(=O)O)nnn1C(C)(C)C(=O)O. The monoisotopic (exact) mass is 255 g/mol. The molecule has 0 aliphatic heterocycles. The minimum absolute atomic E-state index is 0.211. The van der Waals surface area contributed by atoms with Gasteiger partial charge < -0.3 is 10.2 Å². The Hall–Kier alpha value is -1.92. The van der Waals surface area contributed by atoms with Crippen molar-refractivity contribution < 1.29 is 19.8 Å². The normalized spacial score (nSPS) is 12.5. The van der Waals surface area contributed by atoms with E-state index >= 15 is 0 Å². The van der Waals surface area contributed by atoms with E-state index in [0.717, 1.165) is 0 Å². The Morgan fingerprint density at radius 3 is 1.94 bits per heavy atom. The molecule has 0 fully saturated rings. The Balaban J connectivity index is 3.58. The van der Waals surface area contributed by atoms with Gasteiger partial charge >= 0.3 is 11.9 Å². The van der Waals surface area contributed by atoms with Crippen molar-refractivity contribution in [2.24, 2.45) is 0 Å². The Bertz CT molecular complexity index is 497. The summed E-state index contributed by atoms with van der Waals surface area (Å²) in [5.74, 6) is -2.32. The van der Waals surface area contributed by atoms with E-state index in [0.29, 0.717) is 5.69 Å². The summed E-state index contributed by atoms with van der Waals surface area (Å²) in [7, 11) is 0. The highest BCUT2D eigenvalue weighted by Crippen LogP contribution is 2.29. The molecule has 0 aromatic carbocycles. The first-order chi connectivity index (χ1) is 7.99. The first-order valence-electron chi connectivity index (χ1n) is 5.43. The molecule has 7 nitrogen and oxygen atoms in total. The van der Waals surface area contributed by atoms with Gasteiger partial charge in [0.05, 0.1) is 5.69 Å². The van der Waals surface area contributed by atoms with Gasteiger partial charge in [0.1, 0.15) is 0 Å². The van der Waals surface area contributed by atoms with Gasteiger partial charge in [0.15, 0.2) is 11.2 Å². The van der Waals surface area contributed by atoms with Gasteiger partial charge in [-0.3, -0.25) is 0 Å². The highest BCUT2D eigenvalue weighted by molar-refractivity contribution is 5.87. The molecule has 0 unspecified atom stereocenters. The molecule has 1 aromatic rings. The lowest BCUT2D eigenvalue weighted by atomic mass is 9.89. The number of nitrogens with zero attached hydrogens (tertiary/aromatic N) is 3. The van der Waals surface area contributed by atoms with Crippen molar-refractivity contribution in [2.45, 2.75) is 45.6 Å². The summed E-state index contributed by atoms with van der Waals surface area (Å²) in [4.78, 5) is 22.4. The lowest BCUT2D eigenvalue weighted by Crippen LogP contribution is -2.40. The maximum Gasteiger partial charge on any atom is 0.358 e. The maximum atomic E-state index is 11.2. The first kappa shape index (κ1) is 14.1. The molecular weight excluding hydrogens is 238 g/mol. The van der Waals surface area contributed by atoms with E-state index in [9.17, 15) is 14.7 Å². The van der Waals surface area contributed by atoms with Crippen molar-refractivity contribution in [1.29, 1.82) is 0 Å². The van der Waals surface area contributed by atoms with Crippen LogP contribution in [0.2, 0.25) is 0 Å². The Morgan fingerprint density at radius 1 is 1.11 bits per heavy atom. The topological polar surface area (TPSA) is 105 Å². The number of hydrogen-bond donors (Lipinski definition) is 2. The zero-order chi connectivity index (χ0) is 14.3. The second-order valence-electron chi connectivity index (χ2n) is 5.62. The maximum absolute atomic E-state index is 11.2. The molecule has 0 spiro atoms. The third kappa shape index (κ3) is 2.20. The van der Waals surface area contributed by atoms with E-state index in [-0.39, 0.29) is 5.69 Å². The summed E-state index contributed by atoms with van der Waals surface area (Å²) in [6.45, 7) is 8.25. The molecule has 0 atom stereocenters. The number of aromatic nitrogens is 3. The molecule has 0 saturated carbocycles. The number of carboxylic acids is 2. The van der Waals surface area contributed by atoms with Crippen LogP contribution in [0.5, 0.6) is 0 Å². The number of aromatic carboxylic acids is 1. The van der Waals surface area contributed by atoms with E-state index < -0.39 is 22.9 Å². The van der Waals surface area contributed by atoms with Crippen LogP contribution in [0.15, 0.2) is 0 Å². The van der Waals surface area contributed by atoms with Crippen LogP contribution < -0.4 is 0 Å². The van der Waals surface area contributed by atoms with Crippen molar-refractivity contribution in [1.82, 2.24) is 15.0 Å². The van der Waals surface area contributed by atoms with Gasteiger partial charge in [-0.05, 0) is 13.8 Å². The van der Waals surface area contributed by atoms with Crippen LogP contribution in [0, 0.1) is 0 Å². The molecule has 0 saturated heterocycles. The Morgan fingerprint density at radius 2 is 1.61 bits per heavy atom. The fourth-order valence-corrected chi connectivity index (χ4v) is 1.58. The molecule has 0 aliphatic rings. The molecule has 1 rings (SSSR count). The van der Waals surface area contributed by atoms with Crippen LogP contribution >= 0.6 is 0 Å². The molecule has 0 amide bonds. The summed E-state index contributed by atoms with van der Waals surface area (Å²) in [6, 6.07) is 0. The quantitative estimate of drug-likeness (QED) is 0.837. The average molecular weight is 255 g/mol. The van der Waals surface area contributed by atoms with Crippen molar-refractivity contribution in [3.63, 3.8) is 0 Å². The van der Waals surface area contributed by atoms with E-state index in [1.165, 1.54) is 18.5 Å². The number of aliphatic carboxylic acids is 1. The zero-order valence-corrected chi connectivity index (χ0v) is 11.1. The molecule has 2 N–H and O–H groups in total. The molecule has 0 radical (unpaired) electrons. The summed E-state index contributed by atoms with van der Waals surface area (Å²) in [5.41, 5.74) is -1.85. The highest BCUT2D eigenvalue weighted by Gasteiger charge is 2.39. The lowest BCUT2D eigenvalue weighted by Gasteiger charge is -2.27. The second-order valence-corrected chi connectivity index (χ2v) is 5.62. The molecule has 100 valence electrons. The predicted octanol–water partition coefficient (Wildman–Crippen LogP) is 1.09. The van der Waals surface area contributed by atoms with E-state index in [1.807, 2.05) is 0 Å². The third-order valence-electron chi connectivity index (χ3n) is 2.64. The number of carbonyl (C=O) groups is 2. The molecule has 1 aromatic heterocycles. The minimum Gasteiger partial charge on any atom is -0.479 e. The number of hydrogen-bond acceptors (Lipinski definition) is 4. The van der Waals surface area contributed by atoms with E-state index in [4.69, 9.17) is 5.11 Å². The summed E-state index contributed by atoms with van der Waals surface area (Å²) in [6.07, 6.45) is 0. The largest absolute Gasteiger partial charge is 0.479 e. The van der Waals surface area contributed by atoms with E-state index in [2.05, 4.69) is 10.3 Å². The number of rotatable bonds is 3. The molecule has 0 bridgehead atoms. The second kappa shape index (κ2) is 4.08. The summed E-state index contributed by atoms with van der Waals surface area (Å²) < 4.78 is 1.17. The summed E-state index contributed by atoms with van der Waals surface area (Å²) in [5, 5.41) is 25.6. The third-order valence-corrected chi connectivity index (χ3v) is 2.64. The molecule has 0 aliphatic carbocycles. The molecular formula is C11H17N3O4. The zero-order valence-electron chi connectivity index (χ0n) is 11.1. The molecule has 18 heavy (non-hydrogen) atoms. The number of carboxylic acid groups (broad SMARTS) is 2. The van der Waals surface area contributed by atoms with Crippen LogP contribution in [0.4, 0.5) is 0 Å². The summed E-state index contributed by atoms with van der Waals surface area (Å²) >= 11 is 0. The van der Waals surface area contributed by atoms with Crippen molar-refractivity contribution in [3.8, 4) is 0 Å². The van der Waals surface area contributed by atoms with Gasteiger partial charge in [0.25, 0.3) is 0 Å². The minimum atomic E-state index is -1.36. The Labute approximate surface area is 104 Å². The Kier molecular flexibility index (Phi) is 3.20. The molecule has 7 heteroatoms. The first-order valence-corrected chi connectivity index (χ1v) is 5.43. The van der Waals surface area contributed by atoms with Gasteiger partial charge in [-0.25, -0.2) is 14.3 Å². The fraction of sp³-hybridized carbons (Fsp3) is 0.636. The van der Waals surface area contributed by atoms with Gasteiger partial charge in [0, 0.05) is 5.41 Å². The fourth-order valence-electron chi connectivity index (χ4n) is 1.58. The van der Waals surface area contributed by atoms with Crippen LogP contribution in [0.1, 0.15) is 50.8 Å². The predicted molar refractivity (Wildman–Crippen MR) is 62.6 cm³/mol. The van der Waals surface area contributed by atoms with Crippen molar-refractivity contribution >= 4 is 11.9 Å². The van der Waals surface area contributed by atoms with Crippen molar-refractivity contribution in [2.75, 3.05) is 0 Å². The van der Waals surface area contributed by atoms with Crippen LogP contribution in [0.25, 0.3) is 0 Å². The van der Waals surface area contributed by atoms with Crippen LogP contribution in [-0.4, -0.2) is 37.1 Å². The highest BCUT2D eigenvalue weighted by atomic mass is 16.4.